The van der Waals surface area contributed by atoms with Gasteiger partial charge >= 0.3 is 10.1 Å². The van der Waals surface area contributed by atoms with E-state index >= 15 is 0 Å². The number of methoxy groups -OCH3 is 2. The van der Waals surface area contributed by atoms with Crippen LogP contribution in [0.5, 0.6) is 11.5 Å². The molecule has 2 rings (SSSR count). The molecular weight excluding hydrogens is 316 g/mol. The normalized spacial score (nSPS) is 10.4. The van der Waals surface area contributed by atoms with Gasteiger partial charge in [0.1, 0.15) is 11.0 Å². The molecule has 0 spiro atoms. The van der Waals surface area contributed by atoms with Gasteiger partial charge in [0, 0.05) is 5.56 Å². The Morgan fingerprint density at radius 1 is 0.913 bits per heavy atom. The molecule has 0 bridgehead atoms. The second-order valence-corrected chi connectivity index (χ2v) is 6.19. The molecule has 0 saturated carbocycles. The van der Waals surface area contributed by atoms with E-state index in [2.05, 4.69) is 12.0 Å². The Hall–Kier alpha value is -2.65. The maximum Gasteiger partial charge on any atom is 0.347 e. The summed E-state index contributed by atoms with van der Waals surface area (Å²) in [4.78, 5) is 0.0599. The van der Waals surface area contributed by atoms with Crippen LogP contribution in [0, 0.1) is 19.0 Å². The molecule has 5 nitrogen and oxygen atoms in total. The van der Waals surface area contributed by atoms with Crippen molar-refractivity contribution in [2.75, 3.05) is 14.2 Å². The summed E-state index contributed by atoms with van der Waals surface area (Å²) in [6.45, 7) is 1.87. The van der Waals surface area contributed by atoms with E-state index in [4.69, 9.17) is 13.7 Å². The molecule has 0 atom stereocenters. The van der Waals surface area contributed by atoms with Crippen LogP contribution in [0.3, 0.4) is 0 Å². The highest BCUT2D eigenvalue weighted by atomic mass is 32.2. The molecule has 0 aliphatic carbocycles. The summed E-state index contributed by atoms with van der Waals surface area (Å²) in [5, 5.41) is 0. The van der Waals surface area contributed by atoms with Crippen molar-refractivity contribution in [3.8, 4) is 23.5 Å². The van der Waals surface area contributed by atoms with E-state index in [-0.39, 0.29) is 4.90 Å². The topological polar surface area (TPSA) is 61.8 Å². The van der Waals surface area contributed by atoms with Crippen LogP contribution >= 0.6 is 0 Å². The molecule has 2 aromatic rings. The van der Waals surface area contributed by atoms with E-state index in [1.807, 2.05) is 6.92 Å². The summed E-state index contributed by atoms with van der Waals surface area (Å²) >= 11 is 0. The first-order valence-corrected chi connectivity index (χ1v) is 8.10. The SMILES string of the molecule is COc1ccc(C#COS(=O)(=O)c2ccc(C)cc2)cc1OC. The van der Waals surface area contributed by atoms with Gasteiger partial charge < -0.3 is 13.7 Å². The predicted octanol–water partition coefficient (Wildman–Crippen LogP) is 2.73. The van der Waals surface area contributed by atoms with Crippen LogP contribution in [0.15, 0.2) is 47.4 Å². The van der Waals surface area contributed by atoms with Crippen LogP contribution < -0.4 is 9.47 Å². The largest absolute Gasteiger partial charge is 0.493 e. The van der Waals surface area contributed by atoms with E-state index in [1.165, 1.54) is 26.4 Å². The molecule has 0 amide bonds. The van der Waals surface area contributed by atoms with Crippen molar-refractivity contribution in [1.29, 1.82) is 0 Å². The van der Waals surface area contributed by atoms with Gasteiger partial charge in [-0.05, 0) is 43.2 Å². The summed E-state index contributed by atoms with van der Waals surface area (Å²) < 4.78 is 39.0. The van der Waals surface area contributed by atoms with Gasteiger partial charge in [0.25, 0.3) is 0 Å². The third kappa shape index (κ3) is 4.18. The zero-order valence-corrected chi connectivity index (χ0v) is 13.8. The van der Waals surface area contributed by atoms with Gasteiger partial charge in [0.15, 0.2) is 11.5 Å². The number of rotatable bonds is 4. The fraction of sp³-hybridized carbons (Fsp3) is 0.176. The van der Waals surface area contributed by atoms with Crippen molar-refractivity contribution in [2.24, 2.45) is 0 Å². The van der Waals surface area contributed by atoms with Crippen molar-refractivity contribution in [1.82, 2.24) is 0 Å². The lowest BCUT2D eigenvalue weighted by Crippen LogP contribution is -2.02. The second-order valence-electron chi connectivity index (χ2n) is 4.65. The zero-order chi connectivity index (χ0) is 16.9. The highest BCUT2D eigenvalue weighted by molar-refractivity contribution is 7.86. The Morgan fingerprint density at radius 3 is 2.17 bits per heavy atom. The zero-order valence-electron chi connectivity index (χ0n) is 13.0. The summed E-state index contributed by atoms with van der Waals surface area (Å²) in [5.41, 5.74) is 1.50. The number of hydrogen-bond donors (Lipinski definition) is 0. The molecule has 0 N–H and O–H groups in total. The molecule has 6 heteroatoms. The van der Waals surface area contributed by atoms with Crippen molar-refractivity contribution >= 4 is 10.1 Å². The van der Waals surface area contributed by atoms with Crippen LogP contribution in [-0.2, 0) is 14.3 Å². The third-order valence-electron chi connectivity index (χ3n) is 3.04. The van der Waals surface area contributed by atoms with Gasteiger partial charge in [-0.2, -0.15) is 8.42 Å². The van der Waals surface area contributed by atoms with Crippen molar-refractivity contribution in [2.45, 2.75) is 11.8 Å². The van der Waals surface area contributed by atoms with E-state index in [0.29, 0.717) is 17.1 Å². The van der Waals surface area contributed by atoms with E-state index in [0.717, 1.165) is 5.56 Å². The second kappa shape index (κ2) is 7.07. The number of aryl methyl sites for hydroxylation is 1. The quantitative estimate of drug-likeness (QED) is 0.636. The molecule has 0 aliphatic heterocycles. The van der Waals surface area contributed by atoms with Crippen molar-refractivity contribution < 1.29 is 22.1 Å². The average Bonchev–Trinajstić information content (AvgIpc) is 2.55. The molecule has 0 heterocycles. The van der Waals surface area contributed by atoms with Crippen LogP contribution in [0.25, 0.3) is 0 Å². The van der Waals surface area contributed by atoms with E-state index in [1.54, 1.807) is 30.3 Å². The fourth-order valence-electron chi connectivity index (χ4n) is 1.80. The Kier molecular flexibility index (Phi) is 5.14. The lowest BCUT2D eigenvalue weighted by atomic mass is 10.2. The van der Waals surface area contributed by atoms with Gasteiger partial charge in [-0.15, -0.1) is 0 Å². The molecule has 0 radical (unpaired) electrons. The third-order valence-corrected chi connectivity index (χ3v) is 4.19. The number of hydrogen-bond acceptors (Lipinski definition) is 5. The molecule has 23 heavy (non-hydrogen) atoms. The average molecular weight is 332 g/mol. The van der Waals surface area contributed by atoms with Gasteiger partial charge in [-0.25, -0.2) is 0 Å². The van der Waals surface area contributed by atoms with Crippen molar-refractivity contribution in [3.05, 3.63) is 53.6 Å². The standard InChI is InChI=1S/C17H16O5S/c1-13-4-7-15(8-5-13)23(18,19)22-11-10-14-6-9-16(20-2)17(12-14)21-3/h4-9,12H,1-3H3. The minimum absolute atomic E-state index is 0.0599. The van der Waals surface area contributed by atoms with Crippen LogP contribution in [0.4, 0.5) is 0 Å². The predicted molar refractivity (Wildman–Crippen MR) is 85.9 cm³/mol. The van der Waals surface area contributed by atoms with Crippen molar-refractivity contribution in [3.63, 3.8) is 0 Å². The number of ether oxygens (including phenoxy) is 2. The maximum atomic E-state index is 12.0. The van der Waals surface area contributed by atoms with Gasteiger partial charge in [0.2, 0.25) is 0 Å². The lowest BCUT2D eigenvalue weighted by Gasteiger charge is -2.06. The van der Waals surface area contributed by atoms with Gasteiger partial charge in [0.05, 0.1) is 14.2 Å². The lowest BCUT2D eigenvalue weighted by molar-refractivity contribution is 0.355. The molecule has 2 aromatic carbocycles. The van der Waals surface area contributed by atoms with Crippen LogP contribution in [-0.4, -0.2) is 22.6 Å². The first-order valence-electron chi connectivity index (χ1n) is 6.69. The van der Waals surface area contributed by atoms with Crippen LogP contribution in [0.1, 0.15) is 11.1 Å². The summed E-state index contributed by atoms with van der Waals surface area (Å²) in [7, 11) is -0.870. The monoisotopic (exact) mass is 332 g/mol. The van der Waals surface area contributed by atoms with Crippen LogP contribution in [0.2, 0.25) is 0 Å². The first-order chi connectivity index (χ1) is 11.0. The smallest absolute Gasteiger partial charge is 0.347 e. The summed E-state index contributed by atoms with van der Waals surface area (Å²) in [6, 6.07) is 11.3. The highest BCUT2D eigenvalue weighted by Crippen LogP contribution is 2.27. The van der Waals surface area contributed by atoms with E-state index in [9.17, 15) is 8.42 Å². The highest BCUT2D eigenvalue weighted by Gasteiger charge is 2.14. The fourth-order valence-corrected chi connectivity index (χ4v) is 2.52. The molecule has 0 aliphatic rings. The summed E-state index contributed by atoms with van der Waals surface area (Å²) in [6.07, 6.45) is 2.21. The molecule has 0 saturated heterocycles. The molecular formula is C17H16O5S. The van der Waals surface area contributed by atoms with Gasteiger partial charge in [-0.1, -0.05) is 17.7 Å². The number of benzene rings is 2. The van der Waals surface area contributed by atoms with E-state index < -0.39 is 10.1 Å². The Balaban J connectivity index is 2.18. The summed E-state index contributed by atoms with van der Waals surface area (Å²) in [5.74, 6) is 3.68. The Bertz CT molecular complexity index is 843. The molecule has 0 unspecified atom stereocenters. The Labute approximate surface area is 135 Å². The molecule has 120 valence electrons. The maximum absolute atomic E-state index is 12.0. The first kappa shape index (κ1) is 16.7. The van der Waals surface area contributed by atoms with Gasteiger partial charge in [-0.3, -0.25) is 0 Å². The molecule has 0 aromatic heterocycles. The Morgan fingerprint density at radius 2 is 1.57 bits per heavy atom. The minimum atomic E-state index is -3.91. The molecule has 0 fully saturated rings. The minimum Gasteiger partial charge on any atom is -0.493 e.